The number of thiazole rings is 1. The Bertz CT molecular complexity index is 656. The van der Waals surface area contributed by atoms with Gasteiger partial charge in [-0.05, 0) is 42.9 Å². The Kier molecular flexibility index (Phi) is 3.44. The minimum atomic E-state index is -0.184. The lowest BCUT2D eigenvalue weighted by atomic mass is 9.78. The molecule has 0 spiro atoms. The van der Waals surface area contributed by atoms with Crippen LogP contribution in [0.15, 0.2) is 18.2 Å². The van der Waals surface area contributed by atoms with Gasteiger partial charge in [-0.25, -0.2) is 9.37 Å². The summed E-state index contributed by atoms with van der Waals surface area (Å²) in [6, 6.07) is 5.20. The molecule has 2 heterocycles. The SMILES string of the molecule is NC1CCCC2CN(Cc3nc4ccc(F)cc4s3)CC12. The molecule has 0 radical (unpaired) electrons. The van der Waals surface area contributed by atoms with Crippen molar-refractivity contribution in [3.05, 3.63) is 29.0 Å². The number of hydrogen-bond acceptors (Lipinski definition) is 4. The molecule has 3 atom stereocenters. The fourth-order valence-corrected chi connectivity index (χ4v) is 4.98. The third-order valence-electron chi connectivity index (χ3n) is 4.98. The first kappa shape index (κ1) is 13.6. The Morgan fingerprint density at radius 2 is 2.24 bits per heavy atom. The van der Waals surface area contributed by atoms with Crippen LogP contribution in [0.2, 0.25) is 0 Å². The van der Waals surface area contributed by atoms with Gasteiger partial charge in [0.25, 0.3) is 0 Å². The van der Waals surface area contributed by atoms with Gasteiger partial charge in [0.1, 0.15) is 10.8 Å². The molecule has 1 aliphatic carbocycles. The topological polar surface area (TPSA) is 42.1 Å². The molecule has 2 fully saturated rings. The lowest BCUT2D eigenvalue weighted by Gasteiger charge is -2.29. The summed E-state index contributed by atoms with van der Waals surface area (Å²) in [6.07, 6.45) is 3.77. The van der Waals surface area contributed by atoms with Crippen molar-refractivity contribution in [3.8, 4) is 0 Å². The number of rotatable bonds is 2. The Morgan fingerprint density at radius 1 is 1.33 bits per heavy atom. The zero-order valence-electron chi connectivity index (χ0n) is 12.0. The van der Waals surface area contributed by atoms with Gasteiger partial charge in [0.05, 0.1) is 16.8 Å². The summed E-state index contributed by atoms with van der Waals surface area (Å²) >= 11 is 1.61. The quantitative estimate of drug-likeness (QED) is 0.927. The number of halogens is 1. The zero-order chi connectivity index (χ0) is 14.4. The lowest BCUT2D eigenvalue weighted by molar-refractivity contribution is 0.259. The molecule has 2 aromatic rings. The zero-order valence-corrected chi connectivity index (χ0v) is 12.8. The summed E-state index contributed by atoms with van der Waals surface area (Å²) in [7, 11) is 0. The molecule has 4 rings (SSSR count). The molecule has 2 aliphatic rings. The summed E-state index contributed by atoms with van der Waals surface area (Å²) < 4.78 is 14.2. The lowest BCUT2D eigenvalue weighted by Crippen LogP contribution is -2.38. The van der Waals surface area contributed by atoms with E-state index in [1.165, 1.54) is 25.3 Å². The standard InChI is InChI=1S/C16H20FN3S/c17-11-4-5-14-15(6-11)21-16(19-14)9-20-7-10-2-1-3-13(18)12(10)8-20/h4-6,10,12-13H,1-3,7-9,18H2. The number of fused-ring (bicyclic) bond motifs is 2. The van der Waals surface area contributed by atoms with Crippen molar-refractivity contribution < 1.29 is 4.39 Å². The third kappa shape index (κ3) is 2.58. The first-order valence-electron chi connectivity index (χ1n) is 7.72. The largest absolute Gasteiger partial charge is 0.327 e. The van der Waals surface area contributed by atoms with Crippen molar-refractivity contribution in [2.45, 2.75) is 31.8 Å². The molecule has 3 nitrogen and oxygen atoms in total. The number of benzene rings is 1. The van der Waals surface area contributed by atoms with E-state index in [4.69, 9.17) is 5.73 Å². The van der Waals surface area contributed by atoms with E-state index in [2.05, 4.69) is 9.88 Å². The second kappa shape index (κ2) is 5.30. The van der Waals surface area contributed by atoms with Gasteiger partial charge in [-0.3, -0.25) is 4.90 Å². The Balaban J connectivity index is 1.50. The van der Waals surface area contributed by atoms with Gasteiger partial charge in [0, 0.05) is 19.1 Å². The number of aromatic nitrogens is 1. The summed E-state index contributed by atoms with van der Waals surface area (Å²) in [6.45, 7) is 3.11. The van der Waals surface area contributed by atoms with E-state index in [0.717, 1.165) is 40.8 Å². The molecule has 1 aromatic heterocycles. The van der Waals surface area contributed by atoms with E-state index < -0.39 is 0 Å². The van der Waals surface area contributed by atoms with Crippen LogP contribution in [0.4, 0.5) is 4.39 Å². The van der Waals surface area contributed by atoms with Crippen LogP contribution in [0.25, 0.3) is 10.2 Å². The van der Waals surface area contributed by atoms with Gasteiger partial charge in [0.15, 0.2) is 0 Å². The maximum Gasteiger partial charge on any atom is 0.124 e. The van der Waals surface area contributed by atoms with Crippen molar-refractivity contribution in [3.63, 3.8) is 0 Å². The number of likely N-dealkylation sites (tertiary alicyclic amines) is 1. The van der Waals surface area contributed by atoms with E-state index in [0.29, 0.717) is 12.0 Å². The summed E-state index contributed by atoms with van der Waals surface area (Å²) in [5, 5.41) is 1.09. The molecule has 3 unspecified atom stereocenters. The molecular weight excluding hydrogens is 285 g/mol. The van der Waals surface area contributed by atoms with Crippen molar-refractivity contribution in [2.24, 2.45) is 17.6 Å². The Morgan fingerprint density at radius 3 is 3.10 bits per heavy atom. The van der Waals surface area contributed by atoms with Crippen molar-refractivity contribution >= 4 is 21.6 Å². The molecular formula is C16H20FN3S. The van der Waals surface area contributed by atoms with Crippen LogP contribution in [0.3, 0.4) is 0 Å². The molecule has 1 saturated carbocycles. The van der Waals surface area contributed by atoms with Crippen molar-refractivity contribution in [1.29, 1.82) is 0 Å². The minimum absolute atomic E-state index is 0.184. The van der Waals surface area contributed by atoms with E-state index >= 15 is 0 Å². The van der Waals surface area contributed by atoms with E-state index in [-0.39, 0.29) is 5.82 Å². The normalized spacial score (nSPS) is 29.9. The smallest absolute Gasteiger partial charge is 0.124 e. The molecule has 1 aromatic carbocycles. The van der Waals surface area contributed by atoms with Crippen molar-refractivity contribution in [2.75, 3.05) is 13.1 Å². The molecule has 1 aliphatic heterocycles. The van der Waals surface area contributed by atoms with E-state index in [9.17, 15) is 4.39 Å². The summed E-state index contributed by atoms with van der Waals surface area (Å²) in [4.78, 5) is 7.11. The van der Waals surface area contributed by atoms with E-state index in [1.807, 2.05) is 0 Å². The second-order valence-corrected chi connectivity index (χ2v) is 7.55. The minimum Gasteiger partial charge on any atom is -0.327 e. The van der Waals surface area contributed by atoms with Gasteiger partial charge in [-0.2, -0.15) is 0 Å². The molecule has 21 heavy (non-hydrogen) atoms. The summed E-state index contributed by atoms with van der Waals surface area (Å²) in [5.41, 5.74) is 7.18. The highest BCUT2D eigenvalue weighted by Crippen LogP contribution is 2.36. The molecule has 1 saturated heterocycles. The van der Waals surface area contributed by atoms with Crippen LogP contribution in [0.5, 0.6) is 0 Å². The van der Waals surface area contributed by atoms with Gasteiger partial charge in [0.2, 0.25) is 0 Å². The first-order valence-corrected chi connectivity index (χ1v) is 8.53. The number of hydrogen-bond donors (Lipinski definition) is 1. The average molecular weight is 305 g/mol. The maximum absolute atomic E-state index is 13.2. The number of nitrogens with zero attached hydrogens (tertiary/aromatic N) is 2. The highest BCUT2D eigenvalue weighted by Gasteiger charge is 2.38. The summed E-state index contributed by atoms with van der Waals surface area (Å²) in [5.74, 6) is 1.24. The highest BCUT2D eigenvalue weighted by molar-refractivity contribution is 7.18. The molecule has 112 valence electrons. The van der Waals surface area contributed by atoms with Gasteiger partial charge in [-0.1, -0.05) is 6.42 Å². The predicted molar refractivity (Wildman–Crippen MR) is 83.7 cm³/mol. The van der Waals surface area contributed by atoms with Gasteiger partial charge >= 0.3 is 0 Å². The second-order valence-electron chi connectivity index (χ2n) is 6.43. The fraction of sp³-hybridized carbons (Fsp3) is 0.562. The first-order chi connectivity index (χ1) is 10.2. The van der Waals surface area contributed by atoms with Gasteiger partial charge in [-0.15, -0.1) is 11.3 Å². The third-order valence-corrected chi connectivity index (χ3v) is 5.99. The van der Waals surface area contributed by atoms with Crippen LogP contribution < -0.4 is 5.73 Å². The average Bonchev–Trinajstić information content (AvgIpc) is 3.02. The molecule has 2 N–H and O–H groups in total. The monoisotopic (exact) mass is 305 g/mol. The van der Waals surface area contributed by atoms with Crippen LogP contribution >= 0.6 is 11.3 Å². The predicted octanol–water partition coefficient (Wildman–Crippen LogP) is 2.99. The van der Waals surface area contributed by atoms with Crippen LogP contribution in [-0.4, -0.2) is 29.0 Å². The van der Waals surface area contributed by atoms with Crippen molar-refractivity contribution in [1.82, 2.24) is 9.88 Å². The fourth-order valence-electron chi connectivity index (χ4n) is 3.94. The van der Waals surface area contributed by atoms with E-state index in [1.54, 1.807) is 23.5 Å². The van der Waals surface area contributed by atoms with Crippen LogP contribution in [0, 0.1) is 17.7 Å². The maximum atomic E-state index is 13.2. The van der Waals surface area contributed by atoms with Crippen LogP contribution in [0.1, 0.15) is 24.3 Å². The van der Waals surface area contributed by atoms with Gasteiger partial charge < -0.3 is 5.73 Å². The Hall–Kier alpha value is -1.04. The molecule has 5 heteroatoms. The highest BCUT2D eigenvalue weighted by atomic mass is 32.1. The number of nitrogens with two attached hydrogens (primary N) is 1. The molecule has 0 bridgehead atoms. The van der Waals surface area contributed by atoms with Crippen LogP contribution in [-0.2, 0) is 6.54 Å². The molecule has 0 amide bonds. The Labute approximate surface area is 128 Å².